The molecule has 1 aromatic carbocycles. The minimum absolute atomic E-state index is 0.488. The summed E-state index contributed by atoms with van der Waals surface area (Å²) in [6.07, 6.45) is 3.48. The Balaban J connectivity index is 2.27. The predicted molar refractivity (Wildman–Crippen MR) is 79.1 cm³/mol. The molecule has 2 aromatic rings. The van der Waals surface area contributed by atoms with Gasteiger partial charge in [-0.05, 0) is 23.3 Å². The zero-order valence-corrected chi connectivity index (χ0v) is 13.2. The van der Waals surface area contributed by atoms with Crippen LogP contribution in [0.1, 0.15) is 17.2 Å². The number of halogens is 1. The molecule has 20 heavy (non-hydrogen) atoms. The van der Waals surface area contributed by atoms with Crippen molar-refractivity contribution in [1.82, 2.24) is 9.78 Å². The molecule has 0 aliphatic carbocycles. The first-order valence-corrected chi connectivity index (χ1v) is 6.91. The van der Waals surface area contributed by atoms with Crippen molar-refractivity contribution in [2.45, 2.75) is 12.5 Å². The number of aliphatic hydroxyl groups excluding tert-OH is 1. The fraction of sp³-hybridized carbons (Fsp3) is 0.357. The van der Waals surface area contributed by atoms with Gasteiger partial charge in [0.2, 0.25) is 0 Å². The first kappa shape index (κ1) is 14.9. The van der Waals surface area contributed by atoms with Crippen molar-refractivity contribution in [2.24, 2.45) is 7.05 Å². The largest absolute Gasteiger partial charge is 0.493 e. The number of rotatable bonds is 5. The van der Waals surface area contributed by atoms with Gasteiger partial charge < -0.3 is 14.6 Å². The maximum atomic E-state index is 10.4. The zero-order valence-electron chi connectivity index (χ0n) is 11.6. The molecule has 1 heterocycles. The molecule has 6 heteroatoms. The highest BCUT2D eigenvalue weighted by molar-refractivity contribution is 9.10. The summed E-state index contributed by atoms with van der Waals surface area (Å²) >= 11 is 3.45. The summed E-state index contributed by atoms with van der Waals surface area (Å²) in [5.74, 6) is 1.22. The van der Waals surface area contributed by atoms with Crippen LogP contribution in [0, 0.1) is 0 Å². The standard InChI is InChI=1S/C14H17BrN2O3/c1-17-8-9(7-16-17)4-12(18)10-5-13(19-2)14(20-3)6-11(10)15/h5-8,12,18H,4H2,1-3H3. The Morgan fingerprint density at radius 2 is 1.95 bits per heavy atom. The maximum Gasteiger partial charge on any atom is 0.161 e. The Bertz CT molecular complexity index is 598. The minimum atomic E-state index is -0.645. The number of methoxy groups -OCH3 is 2. The van der Waals surface area contributed by atoms with E-state index in [1.54, 1.807) is 37.2 Å². The molecule has 108 valence electrons. The molecular weight excluding hydrogens is 324 g/mol. The van der Waals surface area contributed by atoms with Crippen molar-refractivity contribution in [2.75, 3.05) is 14.2 Å². The van der Waals surface area contributed by atoms with Crippen LogP contribution < -0.4 is 9.47 Å². The average Bonchev–Trinajstić information content (AvgIpc) is 2.83. The number of hydrogen-bond acceptors (Lipinski definition) is 4. The third-order valence-electron chi connectivity index (χ3n) is 3.05. The molecule has 1 aromatic heterocycles. The molecule has 0 amide bonds. The third-order valence-corrected chi connectivity index (χ3v) is 3.74. The summed E-state index contributed by atoms with van der Waals surface area (Å²) in [5, 5.41) is 14.5. The highest BCUT2D eigenvalue weighted by atomic mass is 79.9. The van der Waals surface area contributed by atoms with E-state index >= 15 is 0 Å². The van der Waals surface area contributed by atoms with E-state index in [0.717, 1.165) is 15.6 Å². The van der Waals surface area contributed by atoms with Crippen molar-refractivity contribution in [3.8, 4) is 11.5 Å². The van der Waals surface area contributed by atoms with Crippen LogP contribution in [0.5, 0.6) is 11.5 Å². The maximum absolute atomic E-state index is 10.4. The van der Waals surface area contributed by atoms with Gasteiger partial charge in [0.1, 0.15) is 0 Å². The van der Waals surface area contributed by atoms with Crippen molar-refractivity contribution < 1.29 is 14.6 Å². The van der Waals surface area contributed by atoms with E-state index < -0.39 is 6.10 Å². The second kappa shape index (κ2) is 6.28. The van der Waals surface area contributed by atoms with Crippen LogP contribution in [0.3, 0.4) is 0 Å². The highest BCUT2D eigenvalue weighted by Gasteiger charge is 2.17. The minimum Gasteiger partial charge on any atom is -0.493 e. The number of hydrogen-bond donors (Lipinski definition) is 1. The van der Waals surface area contributed by atoms with Crippen LogP contribution in [0.4, 0.5) is 0 Å². The van der Waals surface area contributed by atoms with E-state index in [2.05, 4.69) is 21.0 Å². The van der Waals surface area contributed by atoms with Gasteiger partial charge in [0, 0.05) is 24.1 Å². The summed E-state index contributed by atoms with van der Waals surface area (Å²) in [6, 6.07) is 3.57. The SMILES string of the molecule is COc1cc(Br)c(C(O)Cc2cnn(C)c2)cc1OC. The predicted octanol–water partition coefficient (Wildman–Crippen LogP) is 2.48. The van der Waals surface area contributed by atoms with E-state index in [1.807, 2.05) is 13.2 Å². The van der Waals surface area contributed by atoms with Crippen molar-refractivity contribution in [3.63, 3.8) is 0 Å². The number of aromatic nitrogens is 2. The Morgan fingerprint density at radius 1 is 1.30 bits per heavy atom. The Hall–Kier alpha value is -1.53. The van der Waals surface area contributed by atoms with Crippen molar-refractivity contribution in [3.05, 3.63) is 40.1 Å². The molecule has 1 unspecified atom stereocenters. The van der Waals surface area contributed by atoms with Crippen molar-refractivity contribution >= 4 is 15.9 Å². The summed E-state index contributed by atoms with van der Waals surface area (Å²) < 4.78 is 13.0. The van der Waals surface area contributed by atoms with E-state index in [1.165, 1.54) is 0 Å². The highest BCUT2D eigenvalue weighted by Crippen LogP contribution is 2.36. The molecule has 1 atom stereocenters. The smallest absolute Gasteiger partial charge is 0.161 e. The molecular formula is C14H17BrN2O3. The number of aryl methyl sites for hydroxylation is 1. The van der Waals surface area contributed by atoms with Crippen molar-refractivity contribution in [1.29, 1.82) is 0 Å². The van der Waals surface area contributed by atoms with E-state index in [9.17, 15) is 5.11 Å². The molecule has 0 saturated carbocycles. The topological polar surface area (TPSA) is 56.5 Å². The van der Waals surface area contributed by atoms with Gasteiger partial charge in [0.05, 0.1) is 26.5 Å². The monoisotopic (exact) mass is 340 g/mol. The molecule has 0 radical (unpaired) electrons. The Labute approximate surface area is 126 Å². The molecule has 0 saturated heterocycles. The first-order chi connectivity index (χ1) is 9.55. The van der Waals surface area contributed by atoms with Crippen LogP contribution in [0.15, 0.2) is 29.0 Å². The Kier molecular flexibility index (Phi) is 4.67. The molecule has 0 spiro atoms. The lowest BCUT2D eigenvalue weighted by molar-refractivity contribution is 0.177. The molecule has 1 N–H and O–H groups in total. The molecule has 2 rings (SSSR count). The van der Waals surface area contributed by atoms with Gasteiger partial charge in [-0.1, -0.05) is 15.9 Å². The van der Waals surface area contributed by atoms with Gasteiger partial charge in [0.25, 0.3) is 0 Å². The molecule has 5 nitrogen and oxygen atoms in total. The number of nitrogens with zero attached hydrogens (tertiary/aromatic N) is 2. The first-order valence-electron chi connectivity index (χ1n) is 6.12. The van der Waals surface area contributed by atoms with Crippen LogP contribution in [0.25, 0.3) is 0 Å². The van der Waals surface area contributed by atoms with Gasteiger partial charge in [-0.2, -0.15) is 5.10 Å². The summed E-state index contributed by atoms with van der Waals surface area (Å²) in [4.78, 5) is 0. The number of benzene rings is 1. The fourth-order valence-electron chi connectivity index (χ4n) is 2.04. The third kappa shape index (κ3) is 3.13. The van der Waals surface area contributed by atoms with Gasteiger partial charge >= 0.3 is 0 Å². The number of aliphatic hydroxyl groups is 1. The van der Waals surface area contributed by atoms with E-state index in [0.29, 0.717) is 17.9 Å². The molecule has 0 fully saturated rings. The molecule has 0 bridgehead atoms. The lowest BCUT2D eigenvalue weighted by Crippen LogP contribution is -2.03. The van der Waals surface area contributed by atoms with E-state index in [4.69, 9.17) is 9.47 Å². The van der Waals surface area contributed by atoms with Crippen LogP contribution in [-0.2, 0) is 13.5 Å². The molecule has 0 aliphatic rings. The zero-order chi connectivity index (χ0) is 14.7. The Morgan fingerprint density at radius 3 is 2.50 bits per heavy atom. The second-order valence-electron chi connectivity index (χ2n) is 4.47. The number of ether oxygens (including phenoxy) is 2. The van der Waals surface area contributed by atoms with Gasteiger partial charge in [0.15, 0.2) is 11.5 Å². The van der Waals surface area contributed by atoms with Crippen LogP contribution in [-0.4, -0.2) is 29.1 Å². The van der Waals surface area contributed by atoms with Crippen LogP contribution >= 0.6 is 15.9 Å². The lowest BCUT2D eigenvalue weighted by atomic mass is 10.0. The second-order valence-corrected chi connectivity index (χ2v) is 5.33. The fourth-order valence-corrected chi connectivity index (χ4v) is 2.62. The van der Waals surface area contributed by atoms with Crippen LogP contribution in [0.2, 0.25) is 0 Å². The normalized spacial score (nSPS) is 12.2. The lowest BCUT2D eigenvalue weighted by Gasteiger charge is -2.15. The average molecular weight is 341 g/mol. The van der Waals surface area contributed by atoms with E-state index in [-0.39, 0.29) is 0 Å². The van der Waals surface area contributed by atoms with Gasteiger partial charge in [-0.3, -0.25) is 4.68 Å². The molecule has 0 aliphatic heterocycles. The van der Waals surface area contributed by atoms with Gasteiger partial charge in [-0.15, -0.1) is 0 Å². The van der Waals surface area contributed by atoms with Gasteiger partial charge in [-0.25, -0.2) is 0 Å². The summed E-state index contributed by atoms with van der Waals surface area (Å²) in [6.45, 7) is 0. The summed E-state index contributed by atoms with van der Waals surface area (Å²) in [5.41, 5.74) is 1.73. The quantitative estimate of drug-likeness (QED) is 0.908. The summed E-state index contributed by atoms with van der Waals surface area (Å²) in [7, 11) is 5.00.